The molecule has 0 aromatic heterocycles. The van der Waals surface area contributed by atoms with Crippen LogP contribution in [0.5, 0.6) is 0 Å². The molecular weight excluding hydrogens is 148 g/mol. The van der Waals surface area contributed by atoms with Crippen LogP contribution in [0.15, 0.2) is 0 Å². The van der Waals surface area contributed by atoms with Crippen LogP contribution < -0.4 is 11.1 Å². The molecule has 0 spiro atoms. The van der Waals surface area contributed by atoms with Crippen molar-refractivity contribution in [1.82, 2.24) is 5.32 Å². The van der Waals surface area contributed by atoms with E-state index in [0.29, 0.717) is 13.1 Å². The predicted octanol–water partition coefficient (Wildman–Crippen LogP) is -1.54. The molecule has 0 amide bonds. The van der Waals surface area contributed by atoms with Gasteiger partial charge in [-0.3, -0.25) is 4.79 Å². The quantitative estimate of drug-likeness (QED) is 0.344. The first kappa shape index (κ1) is 12.3. The second-order valence-electron chi connectivity index (χ2n) is 1.36. The van der Waals surface area contributed by atoms with Crippen LogP contribution in [0.25, 0.3) is 0 Å². The summed E-state index contributed by atoms with van der Waals surface area (Å²) in [5.74, 6) is -0.849. The van der Waals surface area contributed by atoms with E-state index >= 15 is 0 Å². The zero-order valence-electron chi connectivity index (χ0n) is 7.26. The second-order valence-corrected chi connectivity index (χ2v) is 1.36. The average Bonchev–Trinajstić information content (AvgIpc) is 1.66. The zero-order chi connectivity index (χ0) is 6.41. The standard InChI is InChI=1S/C4H10N2O2.Ca.2H/c5-1-2-6-3-4(7)8;;;/h6H,1-3,5H2,(H,7,8);;;/q;+2;2*-1. The molecule has 4 nitrogen and oxygen atoms in total. The summed E-state index contributed by atoms with van der Waals surface area (Å²) in [5, 5.41) is 10.6. The number of nitrogens with one attached hydrogen (secondary N) is 1. The summed E-state index contributed by atoms with van der Waals surface area (Å²) in [5.41, 5.74) is 5.06. The van der Waals surface area contributed by atoms with Crippen molar-refractivity contribution >= 4 is 43.7 Å². The molecule has 0 radical (unpaired) electrons. The van der Waals surface area contributed by atoms with Gasteiger partial charge in [-0.25, -0.2) is 0 Å². The number of aliphatic carboxylic acids is 1. The van der Waals surface area contributed by atoms with E-state index in [1.807, 2.05) is 0 Å². The Hall–Kier alpha value is 0.650. The molecule has 0 aliphatic rings. The van der Waals surface area contributed by atoms with Gasteiger partial charge in [-0.2, -0.15) is 0 Å². The number of carbonyl (C=O) groups is 1. The van der Waals surface area contributed by atoms with Gasteiger partial charge in [0.1, 0.15) is 0 Å². The van der Waals surface area contributed by atoms with Crippen molar-refractivity contribution in [2.24, 2.45) is 5.73 Å². The average molecular weight is 160 g/mol. The fourth-order valence-electron chi connectivity index (χ4n) is 0.297. The van der Waals surface area contributed by atoms with Crippen molar-refractivity contribution in [3.05, 3.63) is 0 Å². The molecule has 0 aliphatic heterocycles. The van der Waals surface area contributed by atoms with Gasteiger partial charge in [0.05, 0.1) is 6.54 Å². The number of hydrogen-bond donors (Lipinski definition) is 3. The minimum absolute atomic E-state index is 0. The topological polar surface area (TPSA) is 75.3 Å². The molecule has 0 saturated heterocycles. The Morgan fingerprint density at radius 2 is 2.33 bits per heavy atom. The van der Waals surface area contributed by atoms with Crippen LogP contribution in [0.4, 0.5) is 0 Å². The van der Waals surface area contributed by atoms with Gasteiger partial charge in [0, 0.05) is 13.1 Å². The predicted molar refractivity (Wildman–Crippen MR) is 37.5 cm³/mol. The van der Waals surface area contributed by atoms with Crippen molar-refractivity contribution < 1.29 is 12.8 Å². The first-order chi connectivity index (χ1) is 3.77. The van der Waals surface area contributed by atoms with E-state index in [-0.39, 0.29) is 47.1 Å². The maximum Gasteiger partial charge on any atom is 2.00 e. The molecule has 9 heavy (non-hydrogen) atoms. The van der Waals surface area contributed by atoms with Crippen molar-refractivity contribution in [3.8, 4) is 0 Å². The normalized spacial score (nSPS) is 8.11. The van der Waals surface area contributed by atoms with Gasteiger partial charge in [-0.1, -0.05) is 0 Å². The smallest absolute Gasteiger partial charge is 1.00 e. The van der Waals surface area contributed by atoms with Crippen LogP contribution in [0, 0.1) is 0 Å². The van der Waals surface area contributed by atoms with Crippen molar-refractivity contribution in [1.29, 1.82) is 0 Å². The molecule has 0 unspecified atom stereocenters. The molecule has 0 aliphatic carbocycles. The molecule has 0 heterocycles. The van der Waals surface area contributed by atoms with Gasteiger partial charge in [0.2, 0.25) is 0 Å². The van der Waals surface area contributed by atoms with Gasteiger partial charge in [0.15, 0.2) is 0 Å². The minimum Gasteiger partial charge on any atom is -1.00 e. The maximum absolute atomic E-state index is 9.77. The van der Waals surface area contributed by atoms with Crippen molar-refractivity contribution in [3.63, 3.8) is 0 Å². The Morgan fingerprint density at radius 1 is 1.78 bits per heavy atom. The SMILES string of the molecule is NCCNCC(=O)O.[Ca+2].[H-].[H-]. The van der Waals surface area contributed by atoms with Crippen LogP contribution in [-0.4, -0.2) is 68.4 Å². The summed E-state index contributed by atoms with van der Waals surface area (Å²) in [6, 6.07) is 0. The van der Waals surface area contributed by atoms with E-state index in [4.69, 9.17) is 10.8 Å². The number of carboxylic acid groups (broad SMARTS) is 1. The largest absolute Gasteiger partial charge is 2.00 e. The molecular formula is C4H12CaN2O2. The zero-order valence-corrected chi connectivity index (χ0v) is 7.47. The summed E-state index contributed by atoms with van der Waals surface area (Å²) < 4.78 is 0. The Bertz CT molecular complexity index is 86.5. The summed E-state index contributed by atoms with van der Waals surface area (Å²) >= 11 is 0. The monoisotopic (exact) mass is 160 g/mol. The molecule has 0 aromatic carbocycles. The molecule has 4 N–H and O–H groups in total. The summed E-state index contributed by atoms with van der Waals surface area (Å²) in [4.78, 5) is 9.77. The van der Waals surface area contributed by atoms with Crippen LogP contribution in [-0.2, 0) is 4.79 Å². The van der Waals surface area contributed by atoms with E-state index in [2.05, 4.69) is 5.32 Å². The molecule has 52 valence electrons. The molecule has 5 heteroatoms. The Morgan fingerprint density at radius 3 is 2.67 bits per heavy atom. The summed E-state index contributed by atoms with van der Waals surface area (Å²) in [6.45, 7) is 1.04. The molecule has 0 aromatic rings. The fraction of sp³-hybridized carbons (Fsp3) is 0.750. The fourth-order valence-corrected chi connectivity index (χ4v) is 0.297. The first-order valence-electron chi connectivity index (χ1n) is 2.40. The Balaban J connectivity index is -0.0000000817. The van der Waals surface area contributed by atoms with Gasteiger partial charge >= 0.3 is 43.7 Å². The molecule has 0 bridgehead atoms. The Kier molecular flexibility index (Phi) is 11.9. The van der Waals surface area contributed by atoms with Gasteiger partial charge in [-0.05, 0) is 0 Å². The van der Waals surface area contributed by atoms with Crippen LogP contribution >= 0.6 is 0 Å². The number of hydrogen-bond acceptors (Lipinski definition) is 3. The van der Waals surface area contributed by atoms with Crippen molar-refractivity contribution in [2.75, 3.05) is 19.6 Å². The van der Waals surface area contributed by atoms with Crippen molar-refractivity contribution in [2.45, 2.75) is 0 Å². The third-order valence-corrected chi connectivity index (χ3v) is 0.597. The van der Waals surface area contributed by atoms with Gasteiger partial charge in [0.25, 0.3) is 0 Å². The Labute approximate surface area is 86.8 Å². The molecule has 0 fully saturated rings. The third-order valence-electron chi connectivity index (χ3n) is 0.597. The maximum atomic E-state index is 9.77. The number of carboxylic acids is 1. The minimum atomic E-state index is -0.849. The van der Waals surface area contributed by atoms with E-state index in [0.717, 1.165) is 0 Å². The molecule has 0 saturated carbocycles. The first-order valence-corrected chi connectivity index (χ1v) is 2.40. The van der Waals surface area contributed by atoms with Crippen LogP contribution in [0.2, 0.25) is 0 Å². The number of rotatable bonds is 4. The van der Waals surface area contributed by atoms with Gasteiger partial charge < -0.3 is 19.0 Å². The van der Waals surface area contributed by atoms with E-state index in [9.17, 15) is 4.79 Å². The summed E-state index contributed by atoms with van der Waals surface area (Å²) in [7, 11) is 0. The number of nitrogens with two attached hydrogens (primary N) is 1. The van der Waals surface area contributed by atoms with E-state index < -0.39 is 5.97 Å². The molecule has 0 atom stereocenters. The van der Waals surface area contributed by atoms with Crippen LogP contribution in [0.1, 0.15) is 2.85 Å². The molecule has 0 rings (SSSR count). The van der Waals surface area contributed by atoms with E-state index in [1.54, 1.807) is 0 Å². The van der Waals surface area contributed by atoms with E-state index in [1.165, 1.54) is 0 Å². The van der Waals surface area contributed by atoms with Crippen LogP contribution in [0.3, 0.4) is 0 Å². The van der Waals surface area contributed by atoms with Gasteiger partial charge in [-0.15, -0.1) is 0 Å². The summed E-state index contributed by atoms with van der Waals surface area (Å²) in [6.07, 6.45) is 0. The third kappa shape index (κ3) is 12.0. The second kappa shape index (κ2) is 8.65.